The highest BCUT2D eigenvalue weighted by atomic mass is 32.1. The summed E-state index contributed by atoms with van der Waals surface area (Å²) in [4.78, 5) is 35.8. The molecule has 0 unspecified atom stereocenters. The highest BCUT2D eigenvalue weighted by molar-refractivity contribution is 7.80. The van der Waals surface area contributed by atoms with Crippen molar-refractivity contribution in [2.75, 3.05) is 24.2 Å². The minimum Gasteiger partial charge on any atom is -0.508 e. The van der Waals surface area contributed by atoms with Crippen LogP contribution in [0.1, 0.15) is 42.5 Å². The Morgan fingerprint density at radius 3 is 2.37 bits per heavy atom. The Morgan fingerprint density at radius 2 is 1.63 bits per heavy atom. The average Bonchev–Trinajstić information content (AvgIpc) is 2.93. The minimum atomic E-state index is -1.13. The van der Waals surface area contributed by atoms with Gasteiger partial charge in [-0.3, -0.25) is 9.59 Å². The molecule has 0 spiro atoms. The van der Waals surface area contributed by atoms with Crippen molar-refractivity contribution in [3.8, 4) is 28.2 Å². The zero-order chi connectivity index (χ0) is 29.4. The van der Waals surface area contributed by atoms with E-state index in [-0.39, 0.29) is 28.4 Å². The van der Waals surface area contributed by atoms with Gasteiger partial charge in [-0.05, 0) is 72.8 Å². The van der Waals surface area contributed by atoms with Crippen molar-refractivity contribution in [2.45, 2.75) is 32.1 Å². The molecular formula is C30H31N3O6S2. The van der Waals surface area contributed by atoms with E-state index >= 15 is 0 Å². The van der Waals surface area contributed by atoms with Gasteiger partial charge < -0.3 is 30.6 Å². The lowest BCUT2D eigenvalue weighted by Crippen LogP contribution is -2.29. The van der Waals surface area contributed by atoms with E-state index < -0.39 is 5.97 Å². The van der Waals surface area contributed by atoms with Crippen LogP contribution in [0.4, 0.5) is 5.69 Å². The van der Waals surface area contributed by atoms with E-state index in [4.69, 9.17) is 16.6 Å². The molecule has 5 N–H and O–H groups in total. The quantitative estimate of drug-likeness (QED) is 0.0562. The highest BCUT2D eigenvalue weighted by Crippen LogP contribution is 2.42. The number of carboxylic acids is 1. The third-order valence-electron chi connectivity index (χ3n) is 6.50. The summed E-state index contributed by atoms with van der Waals surface area (Å²) in [7, 11) is 0. The number of anilines is 1. The topological polar surface area (TPSA) is 141 Å². The Bertz CT molecular complexity index is 1600. The first-order valence-electron chi connectivity index (χ1n) is 13.3. The van der Waals surface area contributed by atoms with Crippen LogP contribution in [0.5, 0.6) is 5.75 Å². The first-order valence-corrected chi connectivity index (χ1v) is 14.3. The van der Waals surface area contributed by atoms with Gasteiger partial charge in [0, 0.05) is 53.8 Å². The summed E-state index contributed by atoms with van der Waals surface area (Å²) in [5, 5.41) is 30.1. The molecular weight excluding hydrogens is 562 g/mol. The van der Waals surface area contributed by atoms with Gasteiger partial charge in [-0.1, -0.05) is 18.9 Å². The maximum atomic E-state index is 12.4. The van der Waals surface area contributed by atoms with Crippen molar-refractivity contribution in [1.82, 2.24) is 10.6 Å². The number of phenols is 1. The predicted molar refractivity (Wildman–Crippen MR) is 167 cm³/mol. The summed E-state index contributed by atoms with van der Waals surface area (Å²) in [6, 6.07) is 13.9. The number of hydrogen-bond donors (Lipinski definition) is 6. The number of nitrogens with one attached hydrogen (secondary N) is 3. The number of amides is 1. The van der Waals surface area contributed by atoms with Crippen molar-refractivity contribution in [2.24, 2.45) is 0 Å². The van der Waals surface area contributed by atoms with Gasteiger partial charge in [0.25, 0.3) is 0 Å². The smallest absolute Gasteiger partial charge is 0.336 e. The van der Waals surface area contributed by atoms with Gasteiger partial charge in [0.05, 0.1) is 5.56 Å². The van der Waals surface area contributed by atoms with Crippen LogP contribution in [0.3, 0.4) is 0 Å². The minimum absolute atomic E-state index is 0.0164. The van der Waals surface area contributed by atoms with Crippen LogP contribution in [-0.4, -0.2) is 46.0 Å². The Hall–Kier alpha value is -4.09. The number of phenolic OH excluding ortho intramolecular Hbond substituents is 1. The van der Waals surface area contributed by atoms with Crippen molar-refractivity contribution < 1.29 is 24.2 Å². The van der Waals surface area contributed by atoms with Gasteiger partial charge in [0.15, 0.2) is 10.5 Å². The summed E-state index contributed by atoms with van der Waals surface area (Å²) in [5.74, 6) is -0.298. The van der Waals surface area contributed by atoms with E-state index in [1.807, 2.05) is 0 Å². The van der Waals surface area contributed by atoms with Gasteiger partial charge in [-0.2, -0.15) is 12.6 Å². The second-order valence-electron chi connectivity index (χ2n) is 9.50. The van der Waals surface area contributed by atoms with Crippen LogP contribution in [0, 0.1) is 0 Å². The molecule has 2 aromatic rings. The Balaban J connectivity index is 1.45. The lowest BCUT2D eigenvalue weighted by atomic mass is 9.90. The first-order chi connectivity index (χ1) is 19.8. The molecule has 0 radical (unpaired) electrons. The van der Waals surface area contributed by atoms with Gasteiger partial charge in [-0.15, -0.1) is 0 Å². The molecule has 0 saturated carbocycles. The number of fused-ring (bicyclic) bond motifs is 2. The third kappa shape index (κ3) is 7.77. The molecule has 0 saturated heterocycles. The summed E-state index contributed by atoms with van der Waals surface area (Å²) in [6.07, 6.45) is 4.19. The molecule has 9 nitrogen and oxygen atoms in total. The molecule has 1 aliphatic heterocycles. The molecule has 2 aromatic carbocycles. The highest BCUT2D eigenvalue weighted by Gasteiger charge is 2.22. The maximum Gasteiger partial charge on any atom is 0.336 e. The van der Waals surface area contributed by atoms with Crippen molar-refractivity contribution in [3.05, 3.63) is 70.4 Å². The molecule has 214 valence electrons. The fraction of sp³-hybridized carbons (Fsp3) is 0.267. The second kappa shape index (κ2) is 14.0. The normalized spacial score (nSPS) is 11.0. The number of unbranched alkanes of at least 4 members (excludes halogenated alkanes) is 3. The molecule has 11 heteroatoms. The van der Waals surface area contributed by atoms with Crippen LogP contribution in [0.2, 0.25) is 0 Å². The number of rotatable bonds is 12. The van der Waals surface area contributed by atoms with E-state index in [0.717, 1.165) is 25.7 Å². The number of aromatic hydroxyl groups is 1. The molecule has 41 heavy (non-hydrogen) atoms. The number of thiol groups is 1. The molecule has 4 rings (SSSR count). The van der Waals surface area contributed by atoms with E-state index in [9.17, 15) is 24.6 Å². The number of carbonyl (C=O) groups excluding carboxylic acids is 1. The number of benzene rings is 3. The van der Waals surface area contributed by atoms with Gasteiger partial charge in [-0.25, -0.2) is 4.79 Å². The van der Waals surface area contributed by atoms with E-state index in [2.05, 4.69) is 28.6 Å². The van der Waals surface area contributed by atoms with E-state index in [0.29, 0.717) is 63.7 Å². The Kier molecular flexibility index (Phi) is 10.2. The number of aromatic carboxylic acids is 1. The lowest BCUT2D eigenvalue weighted by molar-refractivity contribution is -0.120. The van der Waals surface area contributed by atoms with Crippen LogP contribution < -0.4 is 21.4 Å². The number of hydrogen-bond acceptors (Lipinski definition) is 7. The molecule has 0 atom stereocenters. The first kappa shape index (κ1) is 29.9. The average molecular weight is 594 g/mol. The number of carbonyl (C=O) groups is 2. The van der Waals surface area contributed by atoms with Crippen LogP contribution in [0.25, 0.3) is 33.4 Å². The fourth-order valence-corrected chi connectivity index (χ4v) is 4.99. The summed E-state index contributed by atoms with van der Waals surface area (Å²) in [5.41, 5.74) is 2.19. The predicted octanol–water partition coefficient (Wildman–Crippen LogP) is 5.25. The molecule has 0 bridgehead atoms. The number of carboxylic acid groups (broad SMARTS) is 1. The summed E-state index contributed by atoms with van der Waals surface area (Å²) >= 11 is 9.45. The zero-order valence-electron chi connectivity index (χ0n) is 22.2. The van der Waals surface area contributed by atoms with E-state index in [1.54, 1.807) is 24.3 Å². The zero-order valence-corrected chi connectivity index (χ0v) is 23.9. The largest absolute Gasteiger partial charge is 0.508 e. The van der Waals surface area contributed by atoms with Gasteiger partial charge >= 0.3 is 5.97 Å². The Labute approximate surface area is 247 Å². The monoisotopic (exact) mass is 593 g/mol. The number of thiocarbonyl (C=S) groups is 1. The van der Waals surface area contributed by atoms with Crippen molar-refractivity contribution in [3.63, 3.8) is 0 Å². The molecule has 2 aliphatic rings. The van der Waals surface area contributed by atoms with Crippen LogP contribution in [-0.2, 0) is 4.79 Å². The maximum absolute atomic E-state index is 12.4. The second-order valence-corrected chi connectivity index (χ2v) is 10.4. The molecule has 1 heterocycles. The van der Waals surface area contributed by atoms with Gasteiger partial charge in [0.2, 0.25) is 5.91 Å². The van der Waals surface area contributed by atoms with E-state index in [1.165, 1.54) is 30.3 Å². The molecule has 1 aliphatic carbocycles. The molecule has 0 fully saturated rings. The third-order valence-corrected chi connectivity index (χ3v) is 6.97. The van der Waals surface area contributed by atoms with Crippen molar-refractivity contribution >= 4 is 58.5 Å². The summed E-state index contributed by atoms with van der Waals surface area (Å²) < 4.78 is 5.87. The fourth-order valence-electron chi connectivity index (χ4n) is 4.56. The molecule has 0 aromatic heterocycles. The Morgan fingerprint density at radius 1 is 0.902 bits per heavy atom. The lowest BCUT2D eigenvalue weighted by Gasteiger charge is -2.18. The van der Waals surface area contributed by atoms with Crippen LogP contribution >= 0.6 is 24.8 Å². The van der Waals surface area contributed by atoms with Crippen molar-refractivity contribution in [1.29, 1.82) is 0 Å². The van der Waals surface area contributed by atoms with Gasteiger partial charge in [0.1, 0.15) is 17.1 Å². The SMILES string of the molecule is O=C(CCS)NCCCCCCNC(=S)Nc1ccc(-c2c3ccc(=O)cc-3oc3cc(O)ccc23)c(C(=O)O)c1. The van der Waals surface area contributed by atoms with Crippen LogP contribution in [0.15, 0.2) is 63.8 Å². The standard InChI is InChI=1S/C30H31N3O6S2/c34-19-6-9-22-25(16-19)39-26-17-20(35)7-10-23(26)28(22)21-8-5-18(15-24(21)29(37)38)33-30(41)32-13-4-2-1-3-12-31-27(36)11-14-40/h5-10,15-17,34,40H,1-4,11-14H2,(H,31,36)(H,37,38)(H2,32,33,41). The molecule has 1 amide bonds. The summed E-state index contributed by atoms with van der Waals surface area (Å²) in [6.45, 7) is 1.31.